The predicted octanol–water partition coefficient (Wildman–Crippen LogP) is 4.77. The fourth-order valence-corrected chi connectivity index (χ4v) is 3.58. The summed E-state index contributed by atoms with van der Waals surface area (Å²) in [5, 5.41) is 4.47. The molecule has 11 nitrogen and oxygen atoms in total. The lowest BCUT2D eigenvalue weighted by molar-refractivity contribution is -0.200. The SMILES string of the molecule is C=CCOc1ccc(N(C(=O)[C@H](C)NC(=O)OC(C)(C)C)N(C(=O)CCC(C)C)C(C)(OCC=C)C(=O)OC)cc1. The molecule has 1 N–H and O–H groups in total. The zero-order valence-electron chi connectivity index (χ0n) is 25.5. The number of methoxy groups -OCH3 is 1. The Morgan fingerprint density at radius 3 is 2.05 bits per heavy atom. The number of hydrazine groups is 1. The molecule has 1 unspecified atom stereocenters. The Hall–Kier alpha value is -3.86. The minimum absolute atomic E-state index is 0.0140. The summed E-state index contributed by atoms with van der Waals surface area (Å²) in [5.41, 5.74) is -2.70. The van der Waals surface area contributed by atoms with Gasteiger partial charge in [0, 0.05) is 6.42 Å². The molecule has 0 heterocycles. The number of nitrogens with zero attached hydrogens (tertiary/aromatic N) is 2. The Bertz CT molecular complexity index is 1060. The van der Waals surface area contributed by atoms with E-state index in [1.54, 1.807) is 51.1 Å². The molecule has 0 bridgehead atoms. The van der Waals surface area contributed by atoms with Crippen LogP contribution in [-0.2, 0) is 28.6 Å². The molecule has 0 aliphatic heterocycles. The van der Waals surface area contributed by atoms with Crippen molar-refractivity contribution in [1.29, 1.82) is 0 Å². The molecule has 1 rings (SSSR count). The largest absolute Gasteiger partial charge is 0.490 e. The highest BCUT2D eigenvalue weighted by Gasteiger charge is 2.50. The molecule has 0 aliphatic carbocycles. The maximum absolute atomic E-state index is 14.1. The van der Waals surface area contributed by atoms with Gasteiger partial charge < -0.3 is 24.3 Å². The Kier molecular flexibility index (Phi) is 13.6. The molecule has 41 heavy (non-hydrogen) atoms. The fourth-order valence-electron chi connectivity index (χ4n) is 3.58. The van der Waals surface area contributed by atoms with Crippen molar-refractivity contribution in [3.8, 4) is 5.75 Å². The van der Waals surface area contributed by atoms with Crippen molar-refractivity contribution in [2.45, 2.75) is 78.7 Å². The van der Waals surface area contributed by atoms with Crippen LogP contribution in [0.25, 0.3) is 0 Å². The zero-order chi connectivity index (χ0) is 31.4. The van der Waals surface area contributed by atoms with Gasteiger partial charge in [0.15, 0.2) is 0 Å². The lowest BCUT2D eigenvalue weighted by Gasteiger charge is -2.45. The first kappa shape index (κ1) is 35.2. The number of alkyl carbamates (subject to hydrolysis) is 1. The van der Waals surface area contributed by atoms with Gasteiger partial charge in [0.2, 0.25) is 5.91 Å². The summed E-state index contributed by atoms with van der Waals surface area (Å²) in [6.45, 7) is 19.1. The van der Waals surface area contributed by atoms with Crippen LogP contribution in [0.15, 0.2) is 49.6 Å². The Morgan fingerprint density at radius 1 is 0.976 bits per heavy atom. The second-order valence-electron chi connectivity index (χ2n) is 10.8. The zero-order valence-corrected chi connectivity index (χ0v) is 25.5. The van der Waals surface area contributed by atoms with Gasteiger partial charge in [-0.1, -0.05) is 32.6 Å². The van der Waals surface area contributed by atoms with E-state index in [0.29, 0.717) is 12.2 Å². The van der Waals surface area contributed by atoms with E-state index < -0.39 is 41.2 Å². The smallest absolute Gasteiger partial charge is 0.408 e. The van der Waals surface area contributed by atoms with Crippen LogP contribution >= 0.6 is 0 Å². The third-order valence-corrected chi connectivity index (χ3v) is 5.58. The van der Waals surface area contributed by atoms with Crippen LogP contribution in [0, 0.1) is 5.92 Å². The lowest BCUT2D eigenvalue weighted by atomic mass is 10.1. The van der Waals surface area contributed by atoms with Gasteiger partial charge in [0.25, 0.3) is 11.6 Å². The maximum atomic E-state index is 14.1. The molecular formula is C30H45N3O8. The first-order valence-corrected chi connectivity index (χ1v) is 13.4. The second-order valence-corrected chi connectivity index (χ2v) is 10.8. The van der Waals surface area contributed by atoms with Crippen molar-refractivity contribution in [1.82, 2.24) is 10.3 Å². The Balaban J connectivity index is 3.80. The van der Waals surface area contributed by atoms with E-state index in [4.69, 9.17) is 18.9 Å². The first-order valence-electron chi connectivity index (χ1n) is 13.4. The van der Waals surface area contributed by atoms with Crippen molar-refractivity contribution < 1.29 is 38.1 Å². The van der Waals surface area contributed by atoms with Crippen LogP contribution in [-0.4, -0.2) is 66.6 Å². The summed E-state index contributed by atoms with van der Waals surface area (Å²) in [7, 11) is 1.15. The predicted molar refractivity (Wildman–Crippen MR) is 156 cm³/mol. The number of carbonyl (C=O) groups excluding carboxylic acids is 4. The van der Waals surface area contributed by atoms with Crippen LogP contribution in [0.1, 0.15) is 61.3 Å². The maximum Gasteiger partial charge on any atom is 0.408 e. The third kappa shape index (κ3) is 10.6. The summed E-state index contributed by atoms with van der Waals surface area (Å²) >= 11 is 0. The summed E-state index contributed by atoms with van der Waals surface area (Å²) in [5.74, 6) is -1.62. The molecule has 1 aromatic rings. The molecule has 0 fully saturated rings. The molecule has 0 spiro atoms. The van der Waals surface area contributed by atoms with Crippen LogP contribution < -0.4 is 15.1 Å². The lowest BCUT2D eigenvalue weighted by Crippen LogP contribution is -2.67. The minimum atomic E-state index is -2.09. The average molecular weight is 576 g/mol. The molecule has 11 heteroatoms. The van der Waals surface area contributed by atoms with Crippen LogP contribution in [0.3, 0.4) is 0 Å². The quantitative estimate of drug-likeness (QED) is 0.146. The number of benzene rings is 1. The summed E-state index contributed by atoms with van der Waals surface area (Å²) < 4.78 is 21.7. The number of anilines is 1. The van der Waals surface area contributed by atoms with E-state index in [-0.39, 0.29) is 31.2 Å². The van der Waals surface area contributed by atoms with Gasteiger partial charge in [0.05, 0.1) is 19.4 Å². The highest BCUT2D eigenvalue weighted by Crippen LogP contribution is 2.30. The van der Waals surface area contributed by atoms with Gasteiger partial charge in [0.1, 0.15) is 24.0 Å². The number of nitrogens with one attached hydrogen (secondary N) is 1. The summed E-state index contributed by atoms with van der Waals surface area (Å²) in [6.07, 6.45) is 2.61. The van der Waals surface area contributed by atoms with Crippen molar-refractivity contribution in [2.75, 3.05) is 25.3 Å². The van der Waals surface area contributed by atoms with E-state index in [9.17, 15) is 19.2 Å². The number of hydrogen-bond acceptors (Lipinski definition) is 8. The Morgan fingerprint density at radius 2 is 1.56 bits per heavy atom. The molecule has 0 saturated carbocycles. The molecule has 0 aliphatic rings. The number of rotatable bonds is 14. The van der Waals surface area contributed by atoms with Crippen molar-refractivity contribution in [2.24, 2.45) is 5.92 Å². The van der Waals surface area contributed by atoms with Gasteiger partial charge >= 0.3 is 12.1 Å². The minimum Gasteiger partial charge on any atom is -0.490 e. The van der Waals surface area contributed by atoms with Crippen LogP contribution in [0.4, 0.5) is 10.5 Å². The average Bonchev–Trinajstić information content (AvgIpc) is 2.90. The van der Waals surface area contributed by atoms with E-state index in [1.807, 2.05) is 13.8 Å². The fraction of sp³-hybridized carbons (Fsp3) is 0.533. The molecule has 0 aromatic heterocycles. The number of hydrogen-bond donors (Lipinski definition) is 1. The van der Waals surface area contributed by atoms with Crippen molar-refractivity contribution >= 4 is 29.6 Å². The molecular weight excluding hydrogens is 530 g/mol. The van der Waals surface area contributed by atoms with E-state index in [1.165, 1.54) is 19.9 Å². The molecule has 2 atom stereocenters. The van der Waals surface area contributed by atoms with E-state index in [0.717, 1.165) is 17.1 Å². The number of esters is 1. The van der Waals surface area contributed by atoms with Gasteiger partial charge in [-0.25, -0.2) is 19.6 Å². The Labute approximate surface area is 243 Å². The summed E-state index contributed by atoms with van der Waals surface area (Å²) in [6, 6.07) is 5.10. The third-order valence-electron chi connectivity index (χ3n) is 5.58. The topological polar surface area (TPSA) is 124 Å². The summed E-state index contributed by atoms with van der Waals surface area (Å²) in [4.78, 5) is 53.8. The monoisotopic (exact) mass is 575 g/mol. The molecule has 3 amide bonds. The van der Waals surface area contributed by atoms with Gasteiger partial charge in [-0.15, -0.1) is 6.58 Å². The van der Waals surface area contributed by atoms with Gasteiger partial charge in [-0.05, 0) is 71.2 Å². The van der Waals surface area contributed by atoms with E-state index >= 15 is 0 Å². The van der Waals surface area contributed by atoms with Gasteiger partial charge in [-0.2, -0.15) is 0 Å². The number of amides is 3. The highest BCUT2D eigenvalue weighted by atomic mass is 16.6. The first-order chi connectivity index (χ1) is 19.1. The van der Waals surface area contributed by atoms with Crippen LogP contribution in [0.2, 0.25) is 0 Å². The van der Waals surface area contributed by atoms with Crippen molar-refractivity contribution in [3.05, 3.63) is 49.6 Å². The molecule has 0 radical (unpaired) electrons. The van der Waals surface area contributed by atoms with Crippen molar-refractivity contribution in [3.63, 3.8) is 0 Å². The number of ether oxygens (including phenoxy) is 4. The molecule has 1 aromatic carbocycles. The van der Waals surface area contributed by atoms with E-state index in [2.05, 4.69) is 18.5 Å². The number of carbonyl (C=O) groups is 4. The molecule has 0 saturated heterocycles. The normalized spacial score (nSPS) is 13.3. The molecule has 228 valence electrons. The highest BCUT2D eigenvalue weighted by molar-refractivity contribution is 6.02. The van der Waals surface area contributed by atoms with Crippen LogP contribution in [0.5, 0.6) is 5.75 Å². The van der Waals surface area contributed by atoms with Gasteiger partial charge in [-0.3, -0.25) is 9.59 Å². The second kappa shape index (κ2) is 15.8. The standard InChI is InChI=1S/C30H45N3O8/c1-11-19-39-24-16-14-23(15-17-24)32(26(35)22(5)31-28(37)41-29(6,7)8)33(25(34)18-13-21(3)4)30(9,27(36)38-10)40-20-12-2/h11-12,14-17,21-22H,1-2,13,18-20H2,3-10H3,(H,31,37)/t22-,30?/m0/s1.